The molecule has 1 atom stereocenters. The van der Waals surface area contributed by atoms with Crippen molar-refractivity contribution in [1.29, 1.82) is 0 Å². The molecular weight excluding hydrogens is 424 g/mol. The summed E-state index contributed by atoms with van der Waals surface area (Å²) in [4.78, 5) is 50.4. The number of nitro benzene ring substituents is 1. The maximum absolute atomic E-state index is 13.3. The zero-order valence-corrected chi connectivity index (χ0v) is 17.3. The largest absolute Gasteiger partial charge is 0.448 e. The summed E-state index contributed by atoms with van der Waals surface area (Å²) in [6, 6.07) is 22.3. The van der Waals surface area contributed by atoms with E-state index in [0.29, 0.717) is 11.1 Å². The number of benzene rings is 3. The van der Waals surface area contributed by atoms with E-state index in [1.807, 2.05) is 0 Å². The molecule has 0 aliphatic carbocycles. The lowest BCUT2D eigenvalue weighted by Crippen LogP contribution is -2.45. The third kappa shape index (κ3) is 4.69. The maximum Gasteiger partial charge on any atom is 0.338 e. The zero-order valence-electron chi connectivity index (χ0n) is 17.3. The number of nitro groups is 1. The molecular formula is C25H18N2O6. The molecule has 0 saturated heterocycles. The Kier molecular flexibility index (Phi) is 6.08. The average Bonchev–Trinajstić information content (AvgIpc) is 2.85. The second-order valence-electron chi connectivity index (χ2n) is 7.28. The molecule has 0 saturated carbocycles. The number of rotatable bonds is 5. The summed E-state index contributed by atoms with van der Waals surface area (Å²) in [5.74, 6) is -1.55. The summed E-state index contributed by atoms with van der Waals surface area (Å²) in [5.41, 5.74) is 1.28. The molecule has 8 heteroatoms. The fourth-order valence-electron chi connectivity index (χ4n) is 3.45. The van der Waals surface area contributed by atoms with Crippen molar-refractivity contribution in [3.8, 4) is 0 Å². The fourth-order valence-corrected chi connectivity index (χ4v) is 3.45. The fraction of sp³-hybridized carbons (Fsp3) is 0.0800. The molecule has 1 aliphatic heterocycles. The highest BCUT2D eigenvalue weighted by atomic mass is 16.6. The first-order valence-corrected chi connectivity index (χ1v) is 10.1. The minimum atomic E-state index is -1.19. The molecule has 0 fully saturated rings. The number of hydrogen-bond donors (Lipinski definition) is 0. The molecule has 0 aromatic heterocycles. The lowest BCUT2D eigenvalue weighted by Gasteiger charge is -2.32. The van der Waals surface area contributed by atoms with Crippen LogP contribution in [0, 0.1) is 10.1 Å². The molecule has 164 valence electrons. The monoisotopic (exact) mass is 442 g/mol. The van der Waals surface area contributed by atoms with E-state index in [0.717, 1.165) is 0 Å². The van der Waals surface area contributed by atoms with Gasteiger partial charge in [0, 0.05) is 23.8 Å². The van der Waals surface area contributed by atoms with E-state index >= 15 is 0 Å². The van der Waals surface area contributed by atoms with Gasteiger partial charge in [-0.1, -0.05) is 36.4 Å². The predicted molar refractivity (Wildman–Crippen MR) is 119 cm³/mol. The van der Waals surface area contributed by atoms with Crippen LogP contribution in [0.15, 0.2) is 91.0 Å². The summed E-state index contributed by atoms with van der Waals surface area (Å²) in [6.07, 6.45) is 0.0428. The minimum Gasteiger partial charge on any atom is -0.448 e. The Morgan fingerprint density at radius 1 is 0.879 bits per heavy atom. The first-order chi connectivity index (χ1) is 15.9. The third-order valence-electron chi connectivity index (χ3n) is 5.13. The van der Waals surface area contributed by atoms with Crippen molar-refractivity contribution in [2.75, 3.05) is 6.54 Å². The average molecular weight is 442 g/mol. The third-order valence-corrected chi connectivity index (χ3v) is 5.13. The van der Waals surface area contributed by atoms with Crippen LogP contribution in [0.1, 0.15) is 26.3 Å². The smallest absolute Gasteiger partial charge is 0.338 e. The van der Waals surface area contributed by atoms with Gasteiger partial charge < -0.3 is 9.64 Å². The van der Waals surface area contributed by atoms with Gasteiger partial charge in [-0.3, -0.25) is 19.7 Å². The number of ether oxygens (including phenoxy) is 1. The van der Waals surface area contributed by atoms with Crippen molar-refractivity contribution in [3.63, 3.8) is 0 Å². The number of carbonyl (C=O) groups excluding carboxylic acids is 3. The predicted octanol–water partition coefficient (Wildman–Crippen LogP) is 3.89. The van der Waals surface area contributed by atoms with Crippen LogP contribution in [0.3, 0.4) is 0 Å². The number of hydrogen-bond acceptors (Lipinski definition) is 6. The van der Waals surface area contributed by atoms with Gasteiger partial charge in [-0.15, -0.1) is 0 Å². The van der Waals surface area contributed by atoms with Gasteiger partial charge in [-0.05, 0) is 42.0 Å². The summed E-state index contributed by atoms with van der Waals surface area (Å²) < 4.78 is 5.42. The lowest BCUT2D eigenvalue weighted by molar-refractivity contribution is -0.384. The topological polar surface area (TPSA) is 107 Å². The van der Waals surface area contributed by atoms with E-state index in [2.05, 4.69) is 0 Å². The SMILES string of the molecule is O=C(OC1CN(C(=O)c2ccccc2)C(c2ccc([N+](=O)[O-])cc2)=CC1=O)c1ccccc1. The van der Waals surface area contributed by atoms with Gasteiger partial charge in [0.25, 0.3) is 11.6 Å². The number of ketones is 1. The molecule has 3 aromatic rings. The highest BCUT2D eigenvalue weighted by molar-refractivity contribution is 6.08. The Balaban J connectivity index is 1.68. The van der Waals surface area contributed by atoms with E-state index in [-0.39, 0.29) is 23.5 Å². The van der Waals surface area contributed by atoms with Crippen molar-refractivity contribution in [2.24, 2.45) is 0 Å². The standard InChI is InChI=1S/C25H18N2O6/c28-22-15-21(17-11-13-20(14-12-17)27(31)32)26(24(29)18-7-3-1-4-8-18)16-23(22)33-25(30)19-9-5-2-6-10-19/h1-15,23H,16H2. The van der Waals surface area contributed by atoms with Crippen LogP contribution in [-0.2, 0) is 9.53 Å². The molecule has 8 nitrogen and oxygen atoms in total. The van der Waals surface area contributed by atoms with Gasteiger partial charge in [0.1, 0.15) is 0 Å². The minimum absolute atomic E-state index is 0.114. The van der Waals surface area contributed by atoms with E-state index in [1.165, 1.54) is 35.2 Å². The van der Waals surface area contributed by atoms with E-state index in [4.69, 9.17) is 4.74 Å². The summed E-state index contributed by atoms with van der Waals surface area (Å²) in [6.45, 7) is -0.187. The highest BCUT2D eigenvalue weighted by Crippen LogP contribution is 2.28. The number of nitrogens with zero attached hydrogens (tertiary/aromatic N) is 2. The molecule has 4 rings (SSSR count). The Hall–Kier alpha value is -4.59. The Morgan fingerprint density at radius 3 is 2.03 bits per heavy atom. The summed E-state index contributed by atoms with van der Waals surface area (Å²) in [5, 5.41) is 11.0. The zero-order chi connectivity index (χ0) is 23.4. The van der Waals surface area contributed by atoms with E-state index < -0.39 is 28.7 Å². The van der Waals surface area contributed by atoms with Crippen LogP contribution in [0.4, 0.5) is 5.69 Å². The molecule has 1 unspecified atom stereocenters. The second kappa shape index (κ2) is 9.27. The van der Waals surface area contributed by atoms with Gasteiger partial charge in [0.2, 0.25) is 0 Å². The number of amides is 1. The Labute approximate surface area is 188 Å². The van der Waals surface area contributed by atoms with Gasteiger partial charge in [0.15, 0.2) is 11.9 Å². The molecule has 3 aromatic carbocycles. The van der Waals surface area contributed by atoms with Crippen LogP contribution in [0.5, 0.6) is 0 Å². The normalized spacial score (nSPS) is 15.5. The molecule has 0 spiro atoms. The molecule has 0 bridgehead atoms. The molecule has 0 N–H and O–H groups in total. The van der Waals surface area contributed by atoms with Crippen LogP contribution in [-0.4, -0.2) is 40.1 Å². The number of non-ortho nitro benzene ring substituents is 1. The molecule has 1 heterocycles. The second-order valence-corrected chi connectivity index (χ2v) is 7.28. The van der Waals surface area contributed by atoms with E-state index in [9.17, 15) is 24.5 Å². The molecule has 1 amide bonds. The summed E-state index contributed by atoms with van der Waals surface area (Å²) in [7, 11) is 0. The van der Waals surface area contributed by atoms with E-state index in [1.54, 1.807) is 60.7 Å². The Bertz CT molecular complexity index is 1240. The van der Waals surface area contributed by atoms with Crippen LogP contribution in [0.2, 0.25) is 0 Å². The van der Waals surface area contributed by atoms with Gasteiger partial charge in [-0.25, -0.2) is 4.79 Å². The van der Waals surface area contributed by atoms with Crippen molar-refractivity contribution >= 4 is 29.0 Å². The first-order valence-electron chi connectivity index (χ1n) is 10.1. The summed E-state index contributed by atoms with van der Waals surface area (Å²) >= 11 is 0. The molecule has 1 aliphatic rings. The van der Waals surface area contributed by atoms with Crippen molar-refractivity contribution in [3.05, 3.63) is 118 Å². The Morgan fingerprint density at radius 2 is 1.45 bits per heavy atom. The molecule has 33 heavy (non-hydrogen) atoms. The van der Waals surface area contributed by atoms with Gasteiger partial charge in [0.05, 0.1) is 22.7 Å². The van der Waals surface area contributed by atoms with Gasteiger partial charge in [-0.2, -0.15) is 0 Å². The van der Waals surface area contributed by atoms with Crippen molar-refractivity contribution in [1.82, 2.24) is 4.90 Å². The van der Waals surface area contributed by atoms with Gasteiger partial charge >= 0.3 is 5.97 Å². The lowest BCUT2D eigenvalue weighted by atomic mass is 10.0. The van der Waals surface area contributed by atoms with Crippen LogP contribution < -0.4 is 0 Å². The highest BCUT2D eigenvalue weighted by Gasteiger charge is 2.35. The van der Waals surface area contributed by atoms with Crippen molar-refractivity contribution < 1.29 is 24.0 Å². The number of carbonyl (C=O) groups is 3. The van der Waals surface area contributed by atoms with Crippen LogP contribution in [0.25, 0.3) is 5.70 Å². The maximum atomic E-state index is 13.3. The number of esters is 1. The van der Waals surface area contributed by atoms with Crippen LogP contribution >= 0.6 is 0 Å². The van der Waals surface area contributed by atoms with Crippen molar-refractivity contribution in [2.45, 2.75) is 6.10 Å². The quantitative estimate of drug-likeness (QED) is 0.337. The first kappa shape index (κ1) is 21.6. The molecule has 0 radical (unpaired) electrons.